The van der Waals surface area contributed by atoms with Gasteiger partial charge in [-0.1, -0.05) is 29.8 Å². The molecule has 2 unspecified atom stereocenters. The van der Waals surface area contributed by atoms with Crippen LogP contribution in [0.15, 0.2) is 83.4 Å². The molecule has 4 aromatic rings. The zero-order chi connectivity index (χ0) is 22.2. The second kappa shape index (κ2) is 8.37. The molecule has 1 aliphatic heterocycles. The first-order valence-corrected chi connectivity index (χ1v) is 10.9. The number of pyridine rings is 1. The highest BCUT2D eigenvalue weighted by Gasteiger charge is 2.42. The van der Waals surface area contributed by atoms with Gasteiger partial charge in [0.2, 0.25) is 0 Å². The van der Waals surface area contributed by atoms with E-state index in [2.05, 4.69) is 10.3 Å². The van der Waals surface area contributed by atoms with Gasteiger partial charge < -0.3 is 14.6 Å². The molecule has 0 radical (unpaired) electrons. The number of thiocarbonyl (C=S) groups is 1. The van der Waals surface area contributed by atoms with Crippen LogP contribution >= 0.6 is 23.8 Å². The predicted molar refractivity (Wildman–Crippen MR) is 128 cm³/mol. The number of furan rings is 1. The van der Waals surface area contributed by atoms with Crippen molar-refractivity contribution in [2.45, 2.75) is 19.0 Å². The van der Waals surface area contributed by atoms with E-state index < -0.39 is 0 Å². The Hall–Kier alpha value is -3.22. The van der Waals surface area contributed by atoms with Crippen molar-refractivity contribution in [2.75, 3.05) is 4.90 Å². The minimum Gasteiger partial charge on any atom is -0.459 e. The van der Waals surface area contributed by atoms with Gasteiger partial charge in [0, 0.05) is 22.5 Å². The lowest BCUT2D eigenvalue weighted by molar-refractivity contribution is 0.439. The van der Waals surface area contributed by atoms with Crippen LogP contribution in [0.5, 0.6) is 0 Å². The van der Waals surface area contributed by atoms with Gasteiger partial charge in [0.15, 0.2) is 5.11 Å². The Labute approximate surface area is 195 Å². The van der Waals surface area contributed by atoms with E-state index in [4.69, 9.17) is 28.2 Å². The molecule has 0 bridgehead atoms. The Morgan fingerprint density at radius 3 is 2.59 bits per heavy atom. The summed E-state index contributed by atoms with van der Waals surface area (Å²) in [6, 6.07) is 21.1. The van der Waals surface area contributed by atoms with Gasteiger partial charge in [-0.3, -0.25) is 4.98 Å². The molecule has 0 aliphatic carbocycles. The molecule has 0 amide bonds. The lowest BCUT2D eigenvalue weighted by Crippen LogP contribution is -2.29. The summed E-state index contributed by atoms with van der Waals surface area (Å²) in [6.45, 7) is 1.97. The fourth-order valence-corrected chi connectivity index (χ4v) is 4.58. The standard InChI is InChI=1S/C25H19ClFN3OS/c1-15-18(5-4-6-19(15)26)21-12-13-22(31-21)24-23(20-7-2-3-14-28-20)29-25(32)30(24)17-10-8-16(27)9-11-17/h2-14,23-24H,1H3,(H,29,32). The Kier molecular flexibility index (Phi) is 5.41. The van der Waals surface area contributed by atoms with Crippen LogP contribution in [0, 0.1) is 12.7 Å². The van der Waals surface area contributed by atoms with Crippen LogP contribution in [0.25, 0.3) is 11.3 Å². The van der Waals surface area contributed by atoms with E-state index in [9.17, 15) is 4.39 Å². The summed E-state index contributed by atoms with van der Waals surface area (Å²) in [7, 11) is 0. The monoisotopic (exact) mass is 463 g/mol. The first-order valence-electron chi connectivity index (χ1n) is 10.1. The van der Waals surface area contributed by atoms with Crippen LogP contribution in [0.3, 0.4) is 0 Å². The molecule has 2 aromatic carbocycles. The molecule has 1 N–H and O–H groups in total. The number of nitrogens with zero attached hydrogens (tertiary/aromatic N) is 2. The summed E-state index contributed by atoms with van der Waals surface area (Å²) in [5, 5.41) is 4.58. The minimum absolute atomic E-state index is 0.242. The third-order valence-electron chi connectivity index (χ3n) is 5.65. The molecule has 4 nitrogen and oxygen atoms in total. The Morgan fingerprint density at radius 1 is 1.03 bits per heavy atom. The molecule has 2 atom stereocenters. The van der Waals surface area contributed by atoms with Crippen LogP contribution in [-0.4, -0.2) is 10.1 Å². The van der Waals surface area contributed by atoms with Crippen molar-refractivity contribution in [2.24, 2.45) is 0 Å². The molecule has 7 heteroatoms. The van der Waals surface area contributed by atoms with Gasteiger partial charge in [-0.05, 0) is 79.3 Å². The summed E-state index contributed by atoms with van der Waals surface area (Å²) >= 11 is 12.0. The maximum atomic E-state index is 13.6. The van der Waals surface area contributed by atoms with Gasteiger partial charge in [0.05, 0.1) is 11.7 Å². The highest BCUT2D eigenvalue weighted by Crippen LogP contribution is 2.43. The van der Waals surface area contributed by atoms with Gasteiger partial charge >= 0.3 is 0 Å². The Bertz CT molecular complexity index is 1280. The summed E-state index contributed by atoms with van der Waals surface area (Å²) < 4.78 is 20.0. The summed E-state index contributed by atoms with van der Waals surface area (Å²) in [4.78, 5) is 6.48. The number of aromatic nitrogens is 1. The van der Waals surface area contributed by atoms with Crippen molar-refractivity contribution >= 4 is 34.6 Å². The molecule has 0 spiro atoms. The number of halogens is 2. The average molecular weight is 464 g/mol. The summed E-state index contributed by atoms with van der Waals surface area (Å²) in [5.74, 6) is 1.13. The van der Waals surface area contributed by atoms with E-state index in [-0.39, 0.29) is 17.9 Å². The highest BCUT2D eigenvalue weighted by molar-refractivity contribution is 7.80. The summed E-state index contributed by atoms with van der Waals surface area (Å²) in [6.07, 6.45) is 1.75. The number of hydrogen-bond donors (Lipinski definition) is 1. The van der Waals surface area contributed by atoms with Crippen molar-refractivity contribution < 1.29 is 8.81 Å². The third kappa shape index (κ3) is 3.66. The van der Waals surface area contributed by atoms with Crippen molar-refractivity contribution in [3.63, 3.8) is 0 Å². The van der Waals surface area contributed by atoms with Gasteiger partial charge in [-0.15, -0.1) is 0 Å². The van der Waals surface area contributed by atoms with Crippen LogP contribution in [0.1, 0.15) is 29.1 Å². The molecule has 2 aromatic heterocycles. The molecular weight excluding hydrogens is 445 g/mol. The summed E-state index contributed by atoms with van der Waals surface area (Å²) in [5.41, 5.74) is 3.48. The van der Waals surface area contributed by atoms with Gasteiger partial charge in [0.1, 0.15) is 23.4 Å². The smallest absolute Gasteiger partial charge is 0.174 e. The normalized spacial score (nSPS) is 18.1. The number of rotatable bonds is 4. The van der Waals surface area contributed by atoms with Crippen molar-refractivity contribution in [3.05, 3.63) is 107 Å². The second-order valence-electron chi connectivity index (χ2n) is 7.59. The van der Waals surface area contributed by atoms with E-state index in [1.54, 1.807) is 18.3 Å². The van der Waals surface area contributed by atoms with Crippen LogP contribution in [0.2, 0.25) is 5.02 Å². The topological polar surface area (TPSA) is 41.3 Å². The Morgan fingerprint density at radius 2 is 1.84 bits per heavy atom. The molecule has 32 heavy (non-hydrogen) atoms. The zero-order valence-electron chi connectivity index (χ0n) is 17.1. The third-order valence-corrected chi connectivity index (χ3v) is 6.38. The van der Waals surface area contributed by atoms with E-state index >= 15 is 0 Å². The number of anilines is 1. The molecule has 1 aliphatic rings. The Balaban J connectivity index is 1.61. The molecule has 1 fully saturated rings. The van der Waals surface area contributed by atoms with Crippen LogP contribution in [-0.2, 0) is 0 Å². The van der Waals surface area contributed by atoms with E-state index in [1.807, 2.05) is 60.4 Å². The SMILES string of the molecule is Cc1c(Cl)cccc1-c1ccc(C2C(c3ccccn3)NC(=S)N2c2ccc(F)cc2)o1. The maximum absolute atomic E-state index is 13.6. The molecule has 160 valence electrons. The molecule has 0 saturated carbocycles. The molecule has 1 saturated heterocycles. The highest BCUT2D eigenvalue weighted by atomic mass is 35.5. The van der Waals surface area contributed by atoms with E-state index in [1.165, 1.54) is 12.1 Å². The zero-order valence-corrected chi connectivity index (χ0v) is 18.7. The van der Waals surface area contributed by atoms with E-state index in [0.29, 0.717) is 15.9 Å². The van der Waals surface area contributed by atoms with Gasteiger partial charge in [0.25, 0.3) is 0 Å². The molecular formula is C25H19ClFN3OS. The predicted octanol–water partition coefficient (Wildman–Crippen LogP) is 6.62. The first kappa shape index (κ1) is 20.7. The fourth-order valence-electron chi connectivity index (χ4n) is 4.05. The van der Waals surface area contributed by atoms with Gasteiger partial charge in [-0.2, -0.15) is 0 Å². The van der Waals surface area contributed by atoms with Crippen molar-refractivity contribution in [1.82, 2.24) is 10.3 Å². The number of nitrogens with one attached hydrogen (secondary N) is 1. The average Bonchev–Trinajstić information content (AvgIpc) is 3.41. The van der Waals surface area contributed by atoms with Crippen molar-refractivity contribution in [3.8, 4) is 11.3 Å². The van der Waals surface area contributed by atoms with Crippen LogP contribution in [0.4, 0.5) is 10.1 Å². The van der Waals surface area contributed by atoms with Crippen LogP contribution < -0.4 is 10.2 Å². The quantitative estimate of drug-likeness (QED) is 0.344. The van der Waals surface area contributed by atoms with E-state index in [0.717, 1.165) is 28.3 Å². The van der Waals surface area contributed by atoms with Gasteiger partial charge in [-0.25, -0.2) is 4.39 Å². The first-order chi connectivity index (χ1) is 15.5. The second-order valence-corrected chi connectivity index (χ2v) is 8.38. The lowest BCUT2D eigenvalue weighted by atomic mass is 10.0. The minimum atomic E-state index is -0.309. The lowest BCUT2D eigenvalue weighted by Gasteiger charge is -2.26. The van der Waals surface area contributed by atoms with Crippen molar-refractivity contribution in [1.29, 1.82) is 0 Å². The maximum Gasteiger partial charge on any atom is 0.174 e. The largest absolute Gasteiger partial charge is 0.459 e. The fraction of sp³-hybridized carbons (Fsp3) is 0.120. The molecule has 5 rings (SSSR count). The molecule has 3 heterocycles. The number of benzene rings is 2. The number of hydrogen-bond acceptors (Lipinski definition) is 3.